The first-order valence-electron chi connectivity index (χ1n) is 10.9. The van der Waals surface area contributed by atoms with Gasteiger partial charge in [0.15, 0.2) is 0 Å². The van der Waals surface area contributed by atoms with Crippen LogP contribution in [0.1, 0.15) is 38.8 Å². The zero-order chi connectivity index (χ0) is 24.6. The Morgan fingerprint density at radius 2 is 1.18 bits per heavy atom. The molecule has 0 atom stereocenters. The quantitative estimate of drug-likeness (QED) is 0.411. The van der Waals surface area contributed by atoms with Gasteiger partial charge in [-0.2, -0.15) is 0 Å². The summed E-state index contributed by atoms with van der Waals surface area (Å²) >= 11 is 0. The van der Waals surface area contributed by atoms with Crippen molar-refractivity contribution in [2.45, 2.75) is 52.6 Å². The van der Waals surface area contributed by atoms with Gasteiger partial charge >= 0.3 is 11.9 Å². The summed E-state index contributed by atoms with van der Waals surface area (Å²) in [6, 6.07) is 16.2. The summed E-state index contributed by atoms with van der Waals surface area (Å²) in [7, 11) is 1.42. The van der Waals surface area contributed by atoms with Crippen molar-refractivity contribution in [3.8, 4) is 0 Å². The van der Waals surface area contributed by atoms with Crippen LogP contribution in [-0.4, -0.2) is 33.3 Å². The Bertz CT molecular complexity index is 1320. The molecule has 0 bridgehead atoms. The molecule has 33 heavy (non-hydrogen) atoms. The van der Waals surface area contributed by atoms with Crippen LogP contribution < -0.4 is 0 Å². The first-order valence-corrected chi connectivity index (χ1v) is 10.9. The number of carboxylic acid groups (broad SMARTS) is 1. The first-order chi connectivity index (χ1) is 15.4. The Hall–Kier alpha value is -3.54. The van der Waals surface area contributed by atoms with Crippen molar-refractivity contribution in [1.29, 1.82) is 0 Å². The molecule has 6 nitrogen and oxygen atoms in total. The molecule has 2 aromatic heterocycles. The van der Waals surface area contributed by atoms with Crippen molar-refractivity contribution in [3.05, 3.63) is 72.1 Å². The number of aryl methyl sites for hydroxylation is 2. The predicted molar refractivity (Wildman–Crippen MR) is 132 cm³/mol. The lowest BCUT2D eigenvalue weighted by atomic mass is 10.1. The molecule has 0 aliphatic carbocycles. The van der Waals surface area contributed by atoms with Crippen molar-refractivity contribution in [1.82, 2.24) is 9.13 Å². The van der Waals surface area contributed by atoms with Gasteiger partial charge < -0.3 is 19.0 Å². The number of benzene rings is 2. The van der Waals surface area contributed by atoms with Crippen LogP contribution in [0.2, 0.25) is 0 Å². The van der Waals surface area contributed by atoms with E-state index in [1.54, 1.807) is 18.4 Å². The van der Waals surface area contributed by atoms with Gasteiger partial charge in [0, 0.05) is 23.4 Å². The minimum atomic E-state index is -0.921. The van der Waals surface area contributed by atoms with Crippen molar-refractivity contribution in [2.75, 3.05) is 7.11 Å². The zero-order valence-corrected chi connectivity index (χ0v) is 20.3. The van der Waals surface area contributed by atoms with Gasteiger partial charge in [-0.05, 0) is 87.7 Å². The van der Waals surface area contributed by atoms with Crippen LogP contribution >= 0.6 is 0 Å². The number of rotatable bonds is 4. The maximum atomic E-state index is 11.8. The minimum absolute atomic E-state index is 0.239. The van der Waals surface area contributed by atoms with E-state index in [-0.39, 0.29) is 5.97 Å². The van der Waals surface area contributed by atoms with Gasteiger partial charge in [0.25, 0.3) is 0 Å². The van der Waals surface area contributed by atoms with Crippen LogP contribution in [0.15, 0.2) is 60.9 Å². The standard InChI is InChI=1S/C14H17NO2.C13H15NO2/c1-10-5-6-11-7-8-15(12(11)9-10)14(2,3)13(16)17-4;1-9-4-5-10-6-7-14(11(10)8-9)13(2,3)12(15)16/h5-9H,1-4H3;4-8H,1-3H3,(H,15,16). The maximum Gasteiger partial charge on any atom is 0.331 e. The lowest BCUT2D eigenvalue weighted by Gasteiger charge is -2.25. The predicted octanol–water partition coefficient (Wildman–Crippen LogP) is 5.63. The van der Waals surface area contributed by atoms with Crippen molar-refractivity contribution >= 4 is 33.7 Å². The van der Waals surface area contributed by atoms with Crippen molar-refractivity contribution in [2.24, 2.45) is 0 Å². The van der Waals surface area contributed by atoms with Gasteiger partial charge in [-0.3, -0.25) is 0 Å². The van der Waals surface area contributed by atoms with Crippen LogP contribution in [0.25, 0.3) is 21.8 Å². The lowest BCUT2D eigenvalue weighted by molar-refractivity contribution is -0.149. The van der Waals surface area contributed by atoms with E-state index in [1.165, 1.54) is 12.7 Å². The molecule has 174 valence electrons. The highest BCUT2D eigenvalue weighted by atomic mass is 16.5. The summed E-state index contributed by atoms with van der Waals surface area (Å²) in [4.78, 5) is 23.0. The normalized spacial score (nSPS) is 11.8. The first kappa shape index (κ1) is 24.1. The fraction of sp³-hybridized carbons (Fsp3) is 0.333. The Kier molecular flexibility index (Phi) is 6.41. The third-order valence-corrected chi connectivity index (χ3v) is 6.11. The fourth-order valence-electron chi connectivity index (χ4n) is 3.90. The second-order valence-corrected chi connectivity index (χ2v) is 9.41. The number of nitrogens with zero attached hydrogens (tertiary/aromatic N) is 2. The number of esters is 1. The maximum absolute atomic E-state index is 11.8. The van der Waals surface area contributed by atoms with Gasteiger partial charge in [0.2, 0.25) is 0 Å². The summed E-state index contributed by atoms with van der Waals surface area (Å²) in [5, 5.41) is 11.4. The molecular formula is C27H32N2O4. The number of aromatic nitrogens is 2. The molecule has 2 heterocycles. The van der Waals surface area contributed by atoms with E-state index < -0.39 is 17.0 Å². The zero-order valence-electron chi connectivity index (χ0n) is 20.3. The number of hydrogen-bond donors (Lipinski definition) is 1. The van der Waals surface area contributed by atoms with Crippen LogP contribution in [0.4, 0.5) is 0 Å². The smallest absolute Gasteiger partial charge is 0.331 e. The van der Waals surface area contributed by atoms with Gasteiger partial charge in [-0.1, -0.05) is 24.3 Å². The van der Waals surface area contributed by atoms with Crippen LogP contribution in [0, 0.1) is 13.8 Å². The summed E-state index contributed by atoms with van der Waals surface area (Å²) in [6.07, 6.45) is 3.76. The SMILES string of the molecule is COC(=O)C(C)(C)n1ccc2ccc(C)cc21.Cc1ccc2ccn(C(C)(C)C(=O)O)c2c1. The molecule has 0 saturated heterocycles. The third-order valence-electron chi connectivity index (χ3n) is 6.11. The highest BCUT2D eigenvalue weighted by Gasteiger charge is 2.31. The second kappa shape index (κ2) is 8.77. The van der Waals surface area contributed by atoms with Crippen molar-refractivity contribution in [3.63, 3.8) is 0 Å². The molecule has 0 saturated carbocycles. The highest BCUT2D eigenvalue weighted by molar-refractivity contribution is 5.86. The fourth-order valence-corrected chi connectivity index (χ4v) is 3.90. The van der Waals surface area contributed by atoms with E-state index >= 15 is 0 Å². The number of fused-ring (bicyclic) bond motifs is 2. The van der Waals surface area contributed by atoms with E-state index in [1.807, 2.05) is 75.0 Å². The molecule has 0 amide bonds. The summed E-state index contributed by atoms with van der Waals surface area (Å²) in [5.41, 5.74) is 2.72. The number of ether oxygens (including phenoxy) is 1. The molecule has 6 heteroatoms. The summed E-state index contributed by atoms with van der Waals surface area (Å²) in [5.74, 6) is -1.07. The van der Waals surface area contributed by atoms with Crippen LogP contribution in [0.3, 0.4) is 0 Å². The Labute approximate surface area is 194 Å². The number of methoxy groups -OCH3 is 1. The monoisotopic (exact) mass is 448 g/mol. The van der Waals surface area contributed by atoms with Gasteiger partial charge in [-0.25, -0.2) is 9.59 Å². The average Bonchev–Trinajstić information content (AvgIpc) is 3.37. The molecule has 4 rings (SSSR count). The van der Waals surface area contributed by atoms with E-state index in [0.29, 0.717) is 0 Å². The van der Waals surface area contributed by atoms with E-state index in [4.69, 9.17) is 4.74 Å². The molecule has 0 aliphatic heterocycles. The topological polar surface area (TPSA) is 73.5 Å². The van der Waals surface area contributed by atoms with Gasteiger partial charge in [-0.15, -0.1) is 0 Å². The summed E-state index contributed by atoms with van der Waals surface area (Å²) in [6.45, 7) is 11.2. The van der Waals surface area contributed by atoms with Crippen LogP contribution in [-0.2, 0) is 25.4 Å². The highest BCUT2D eigenvalue weighted by Crippen LogP contribution is 2.27. The number of carbonyl (C=O) groups is 2. The second-order valence-electron chi connectivity index (χ2n) is 9.41. The molecule has 4 aromatic rings. The van der Waals surface area contributed by atoms with E-state index in [9.17, 15) is 14.7 Å². The third kappa shape index (κ3) is 4.51. The Morgan fingerprint density at radius 1 is 0.758 bits per heavy atom. The molecule has 0 unspecified atom stereocenters. The lowest BCUT2D eigenvalue weighted by Crippen LogP contribution is -2.36. The van der Waals surface area contributed by atoms with E-state index in [0.717, 1.165) is 27.4 Å². The molecule has 0 radical (unpaired) electrons. The van der Waals surface area contributed by atoms with E-state index in [2.05, 4.69) is 18.2 Å². The molecule has 1 N–H and O–H groups in total. The number of aliphatic carboxylic acids is 1. The molecule has 0 spiro atoms. The molecule has 0 aliphatic rings. The summed E-state index contributed by atoms with van der Waals surface area (Å²) < 4.78 is 8.62. The van der Waals surface area contributed by atoms with Crippen LogP contribution in [0.5, 0.6) is 0 Å². The number of carbonyl (C=O) groups excluding carboxylic acids is 1. The van der Waals surface area contributed by atoms with Crippen molar-refractivity contribution < 1.29 is 19.4 Å². The minimum Gasteiger partial charge on any atom is -0.480 e. The Balaban J connectivity index is 0.000000186. The van der Waals surface area contributed by atoms with Gasteiger partial charge in [0.1, 0.15) is 11.1 Å². The average molecular weight is 449 g/mol. The molecule has 0 fully saturated rings. The number of carboxylic acids is 1. The molecule has 2 aromatic carbocycles. The number of hydrogen-bond acceptors (Lipinski definition) is 3. The largest absolute Gasteiger partial charge is 0.480 e. The van der Waals surface area contributed by atoms with Gasteiger partial charge in [0.05, 0.1) is 7.11 Å². The Morgan fingerprint density at radius 3 is 1.58 bits per heavy atom. The molecular weight excluding hydrogens is 416 g/mol.